The Bertz CT molecular complexity index is 376. The Morgan fingerprint density at radius 1 is 1.20 bits per heavy atom. The maximum absolute atomic E-state index is 12.2. The Morgan fingerprint density at radius 2 is 1.85 bits per heavy atom. The van der Waals surface area contributed by atoms with Gasteiger partial charge in [0.15, 0.2) is 5.41 Å². The number of carbonyl (C=O) groups is 3. The lowest BCUT2D eigenvalue weighted by molar-refractivity contribution is -0.178. The fraction of sp³-hybridized carbons (Fsp3) is 0.786. The third kappa shape index (κ3) is 3.29. The molecule has 1 amide bonds. The van der Waals surface area contributed by atoms with Gasteiger partial charge in [0, 0.05) is 6.42 Å². The number of hydrogen-bond acceptors (Lipinski definition) is 5. The van der Waals surface area contributed by atoms with Crippen molar-refractivity contribution in [1.82, 2.24) is 5.06 Å². The van der Waals surface area contributed by atoms with E-state index in [-0.39, 0.29) is 11.9 Å². The first-order valence-corrected chi connectivity index (χ1v) is 7.21. The van der Waals surface area contributed by atoms with Crippen molar-refractivity contribution in [3.8, 4) is 0 Å². The lowest BCUT2D eigenvalue weighted by Gasteiger charge is -2.18. The van der Waals surface area contributed by atoms with Gasteiger partial charge in [-0.1, -0.05) is 13.8 Å². The summed E-state index contributed by atoms with van der Waals surface area (Å²) in [4.78, 5) is 40.3. The zero-order valence-electron chi connectivity index (χ0n) is 12.4. The van der Waals surface area contributed by atoms with Gasteiger partial charge in [-0.25, -0.2) is 4.79 Å². The van der Waals surface area contributed by atoms with Crippen LogP contribution in [0.4, 0.5) is 0 Å². The number of amides is 1. The first kappa shape index (κ1) is 16.5. The Morgan fingerprint density at radius 3 is 2.35 bits per heavy atom. The minimum Gasteiger partial charge on any atom is -0.466 e. The van der Waals surface area contributed by atoms with Crippen molar-refractivity contribution in [3.63, 3.8) is 0 Å². The van der Waals surface area contributed by atoms with Gasteiger partial charge in [-0.05, 0) is 32.6 Å². The summed E-state index contributed by atoms with van der Waals surface area (Å²) in [7, 11) is 0. The van der Waals surface area contributed by atoms with Crippen LogP contribution in [-0.4, -0.2) is 36.1 Å². The first-order chi connectivity index (χ1) is 9.51. The number of hydrogen-bond donors (Lipinski definition) is 0. The van der Waals surface area contributed by atoms with Crippen LogP contribution in [0.2, 0.25) is 0 Å². The molecule has 6 heteroatoms. The van der Waals surface area contributed by atoms with Crippen LogP contribution >= 0.6 is 0 Å². The average Bonchev–Trinajstić information content (AvgIpc) is 2.67. The van der Waals surface area contributed by atoms with E-state index >= 15 is 0 Å². The molecule has 0 bridgehead atoms. The van der Waals surface area contributed by atoms with E-state index in [1.807, 2.05) is 13.8 Å². The van der Waals surface area contributed by atoms with E-state index in [1.165, 1.54) is 0 Å². The third-order valence-corrected chi connectivity index (χ3v) is 3.72. The lowest BCUT2D eigenvalue weighted by atomic mass is 9.82. The molecule has 0 aliphatic carbocycles. The molecule has 1 aliphatic rings. The van der Waals surface area contributed by atoms with Crippen LogP contribution < -0.4 is 0 Å². The minimum absolute atomic E-state index is 0.242. The molecule has 0 aromatic heterocycles. The highest BCUT2D eigenvalue weighted by Gasteiger charge is 2.54. The summed E-state index contributed by atoms with van der Waals surface area (Å²) in [6, 6.07) is 0. The molecule has 1 saturated heterocycles. The molecule has 0 N–H and O–H groups in total. The van der Waals surface area contributed by atoms with E-state index in [0.717, 1.165) is 5.06 Å². The molecule has 0 spiro atoms. The molecule has 0 aromatic carbocycles. The number of nitrogens with zero attached hydrogens (tertiary/aromatic N) is 1. The van der Waals surface area contributed by atoms with Gasteiger partial charge in [0.1, 0.15) is 0 Å². The minimum atomic E-state index is -1.01. The Kier molecular flexibility index (Phi) is 5.98. The SMILES string of the molecule is CCOC(=O)CCCCN1OC(=O)C(CC)(CC)C1=O. The maximum atomic E-state index is 12.2. The van der Waals surface area contributed by atoms with Crippen molar-refractivity contribution in [2.75, 3.05) is 13.2 Å². The van der Waals surface area contributed by atoms with Crippen molar-refractivity contribution in [2.45, 2.75) is 52.9 Å². The number of carbonyl (C=O) groups excluding carboxylic acids is 3. The topological polar surface area (TPSA) is 72.9 Å². The van der Waals surface area contributed by atoms with Gasteiger partial charge < -0.3 is 9.57 Å². The van der Waals surface area contributed by atoms with Crippen molar-refractivity contribution >= 4 is 17.8 Å². The molecule has 1 aliphatic heterocycles. The molecule has 1 fully saturated rings. The zero-order chi connectivity index (χ0) is 15.2. The van der Waals surface area contributed by atoms with Gasteiger partial charge >= 0.3 is 11.9 Å². The predicted molar refractivity (Wildman–Crippen MR) is 71.3 cm³/mol. The van der Waals surface area contributed by atoms with Gasteiger partial charge in [-0.3, -0.25) is 9.59 Å². The monoisotopic (exact) mass is 285 g/mol. The number of hydroxylamine groups is 2. The van der Waals surface area contributed by atoms with Crippen molar-refractivity contribution in [1.29, 1.82) is 0 Å². The van der Waals surface area contributed by atoms with Crippen molar-refractivity contribution in [3.05, 3.63) is 0 Å². The molecule has 0 saturated carbocycles. The first-order valence-electron chi connectivity index (χ1n) is 7.21. The molecule has 0 unspecified atom stereocenters. The average molecular weight is 285 g/mol. The van der Waals surface area contributed by atoms with E-state index < -0.39 is 11.4 Å². The molecular formula is C14H23NO5. The smallest absolute Gasteiger partial charge is 0.348 e. The maximum Gasteiger partial charge on any atom is 0.348 e. The van der Waals surface area contributed by atoms with Crippen LogP contribution in [0.15, 0.2) is 0 Å². The fourth-order valence-electron chi connectivity index (χ4n) is 2.30. The van der Waals surface area contributed by atoms with Gasteiger partial charge in [-0.2, -0.15) is 5.06 Å². The van der Waals surface area contributed by atoms with Crippen LogP contribution in [0.25, 0.3) is 0 Å². The summed E-state index contributed by atoms with van der Waals surface area (Å²) < 4.78 is 4.82. The molecule has 6 nitrogen and oxygen atoms in total. The van der Waals surface area contributed by atoms with Crippen LogP contribution in [-0.2, 0) is 24.0 Å². The van der Waals surface area contributed by atoms with Gasteiger partial charge in [0.25, 0.3) is 5.91 Å². The highest BCUT2D eigenvalue weighted by atomic mass is 16.7. The van der Waals surface area contributed by atoms with Gasteiger partial charge in [0.05, 0.1) is 13.2 Å². The Hall–Kier alpha value is -1.59. The number of esters is 1. The van der Waals surface area contributed by atoms with Crippen molar-refractivity contribution in [2.24, 2.45) is 5.41 Å². The number of ether oxygens (including phenoxy) is 1. The molecule has 0 radical (unpaired) electrons. The van der Waals surface area contributed by atoms with Gasteiger partial charge in [-0.15, -0.1) is 0 Å². The second-order valence-electron chi connectivity index (χ2n) is 4.84. The molecule has 1 rings (SSSR count). The second-order valence-corrected chi connectivity index (χ2v) is 4.84. The predicted octanol–water partition coefficient (Wildman–Crippen LogP) is 1.83. The normalized spacial score (nSPS) is 17.2. The van der Waals surface area contributed by atoms with Crippen LogP contribution in [0.5, 0.6) is 0 Å². The summed E-state index contributed by atoms with van der Waals surface area (Å²) in [5.74, 6) is -0.963. The lowest BCUT2D eigenvalue weighted by Crippen LogP contribution is -2.36. The standard InChI is InChI=1S/C14H23NO5/c1-4-14(5-2)12(17)15(20-13(14)18)10-8-7-9-11(16)19-6-3/h4-10H2,1-3H3. The molecule has 0 aromatic rings. The zero-order valence-corrected chi connectivity index (χ0v) is 12.4. The summed E-state index contributed by atoms with van der Waals surface area (Å²) >= 11 is 0. The van der Waals surface area contributed by atoms with E-state index in [4.69, 9.17) is 9.57 Å². The summed E-state index contributed by atoms with van der Waals surface area (Å²) in [5.41, 5.74) is -1.01. The van der Waals surface area contributed by atoms with E-state index in [1.54, 1.807) is 6.92 Å². The van der Waals surface area contributed by atoms with E-state index in [0.29, 0.717) is 45.3 Å². The van der Waals surface area contributed by atoms with E-state index in [2.05, 4.69) is 0 Å². The fourth-order valence-corrected chi connectivity index (χ4v) is 2.30. The Balaban J connectivity index is 2.41. The highest BCUT2D eigenvalue weighted by molar-refractivity contribution is 6.06. The quantitative estimate of drug-likeness (QED) is 0.386. The molecule has 0 atom stereocenters. The van der Waals surface area contributed by atoms with E-state index in [9.17, 15) is 14.4 Å². The second kappa shape index (κ2) is 7.26. The number of rotatable bonds is 8. The largest absolute Gasteiger partial charge is 0.466 e. The molecule has 114 valence electrons. The molecular weight excluding hydrogens is 262 g/mol. The van der Waals surface area contributed by atoms with Gasteiger partial charge in [0.2, 0.25) is 0 Å². The Labute approximate surface area is 119 Å². The highest BCUT2D eigenvalue weighted by Crippen LogP contribution is 2.36. The summed E-state index contributed by atoms with van der Waals surface area (Å²) in [6.45, 7) is 6.08. The summed E-state index contributed by atoms with van der Waals surface area (Å²) in [6.07, 6.45) is 2.41. The van der Waals surface area contributed by atoms with Crippen molar-refractivity contribution < 1.29 is 24.0 Å². The molecule has 1 heterocycles. The number of unbranched alkanes of at least 4 members (excludes halogenated alkanes) is 1. The van der Waals surface area contributed by atoms with Crippen LogP contribution in [0.1, 0.15) is 52.9 Å². The van der Waals surface area contributed by atoms with Crippen LogP contribution in [0, 0.1) is 5.41 Å². The van der Waals surface area contributed by atoms with Crippen LogP contribution in [0.3, 0.4) is 0 Å². The third-order valence-electron chi connectivity index (χ3n) is 3.72. The molecule has 20 heavy (non-hydrogen) atoms. The summed E-state index contributed by atoms with van der Waals surface area (Å²) in [5, 5.41) is 1.14.